The summed E-state index contributed by atoms with van der Waals surface area (Å²) in [6.07, 6.45) is 15.9. The summed E-state index contributed by atoms with van der Waals surface area (Å²) in [5, 5.41) is 0. The van der Waals surface area contributed by atoms with Crippen LogP contribution in [0.15, 0.2) is 0 Å². The maximum absolute atomic E-state index is 6.43. The number of hydrogen-bond donors (Lipinski definition) is 1. The molecule has 3 fully saturated rings. The Morgan fingerprint density at radius 2 is 1.40 bits per heavy atom. The zero-order valence-corrected chi connectivity index (χ0v) is 9.93. The second-order valence-corrected chi connectivity index (χ2v) is 6.59. The SMILES string of the molecule is NC12CCC(C3CCCCCC3)(CC1)C2. The summed E-state index contributed by atoms with van der Waals surface area (Å²) in [5.41, 5.74) is 7.41. The lowest BCUT2D eigenvalue weighted by molar-refractivity contribution is 0.150. The Balaban J connectivity index is 1.75. The van der Waals surface area contributed by atoms with E-state index in [1.54, 1.807) is 0 Å². The van der Waals surface area contributed by atoms with Gasteiger partial charge in [-0.15, -0.1) is 0 Å². The molecule has 1 heteroatoms. The van der Waals surface area contributed by atoms with Gasteiger partial charge in [-0.2, -0.15) is 0 Å². The maximum atomic E-state index is 6.43. The van der Waals surface area contributed by atoms with Crippen molar-refractivity contribution in [3.05, 3.63) is 0 Å². The van der Waals surface area contributed by atoms with Crippen molar-refractivity contribution >= 4 is 0 Å². The molecule has 0 aromatic heterocycles. The molecule has 0 saturated heterocycles. The molecule has 0 aromatic carbocycles. The Kier molecular flexibility index (Phi) is 2.35. The molecule has 0 heterocycles. The Labute approximate surface area is 93.8 Å². The van der Waals surface area contributed by atoms with Crippen LogP contribution in [-0.4, -0.2) is 5.54 Å². The van der Waals surface area contributed by atoms with Crippen molar-refractivity contribution in [1.29, 1.82) is 0 Å². The van der Waals surface area contributed by atoms with E-state index in [1.807, 2.05) is 0 Å². The lowest BCUT2D eigenvalue weighted by Gasteiger charge is -2.35. The van der Waals surface area contributed by atoms with Crippen molar-refractivity contribution in [1.82, 2.24) is 0 Å². The van der Waals surface area contributed by atoms with E-state index in [4.69, 9.17) is 5.73 Å². The first-order valence-corrected chi connectivity index (χ1v) is 7.02. The lowest BCUT2D eigenvalue weighted by atomic mass is 9.70. The first kappa shape index (κ1) is 10.1. The van der Waals surface area contributed by atoms with Crippen molar-refractivity contribution in [2.75, 3.05) is 0 Å². The van der Waals surface area contributed by atoms with Crippen LogP contribution in [0.3, 0.4) is 0 Å². The molecule has 3 aliphatic rings. The fourth-order valence-electron chi connectivity index (χ4n) is 4.74. The third kappa shape index (κ3) is 1.63. The first-order valence-electron chi connectivity index (χ1n) is 7.02. The summed E-state index contributed by atoms with van der Waals surface area (Å²) in [6.45, 7) is 0. The number of rotatable bonds is 1. The summed E-state index contributed by atoms with van der Waals surface area (Å²) in [7, 11) is 0. The van der Waals surface area contributed by atoms with Gasteiger partial charge in [-0.1, -0.05) is 25.7 Å². The molecule has 3 saturated carbocycles. The van der Waals surface area contributed by atoms with Gasteiger partial charge in [0, 0.05) is 5.54 Å². The van der Waals surface area contributed by atoms with Crippen LogP contribution in [0.5, 0.6) is 0 Å². The first-order chi connectivity index (χ1) is 7.23. The van der Waals surface area contributed by atoms with Gasteiger partial charge < -0.3 is 5.73 Å². The highest BCUT2D eigenvalue weighted by atomic mass is 14.8. The minimum Gasteiger partial charge on any atom is -0.325 e. The highest BCUT2D eigenvalue weighted by molar-refractivity contribution is 5.10. The fraction of sp³-hybridized carbons (Fsp3) is 1.00. The molecule has 0 unspecified atom stereocenters. The van der Waals surface area contributed by atoms with Crippen molar-refractivity contribution in [2.45, 2.75) is 76.2 Å². The molecule has 3 rings (SSSR count). The molecule has 0 spiro atoms. The van der Waals surface area contributed by atoms with Gasteiger partial charge in [-0.05, 0) is 56.3 Å². The normalized spacial score (nSPS) is 47.0. The van der Waals surface area contributed by atoms with Crippen molar-refractivity contribution in [3.63, 3.8) is 0 Å². The summed E-state index contributed by atoms with van der Waals surface area (Å²) in [5.74, 6) is 1.04. The molecule has 0 atom stereocenters. The molecule has 0 aromatic rings. The Bertz CT molecular complexity index is 230. The van der Waals surface area contributed by atoms with Crippen molar-refractivity contribution < 1.29 is 0 Å². The van der Waals surface area contributed by atoms with Gasteiger partial charge in [0.05, 0.1) is 0 Å². The van der Waals surface area contributed by atoms with Crippen molar-refractivity contribution in [2.24, 2.45) is 17.1 Å². The van der Waals surface area contributed by atoms with E-state index < -0.39 is 0 Å². The molecule has 3 aliphatic carbocycles. The van der Waals surface area contributed by atoms with Crippen LogP contribution in [0.4, 0.5) is 0 Å². The quantitative estimate of drug-likeness (QED) is 0.653. The monoisotopic (exact) mass is 207 g/mol. The maximum Gasteiger partial charge on any atom is 0.0160 e. The van der Waals surface area contributed by atoms with Crippen LogP contribution in [0.25, 0.3) is 0 Å². The highest BCUT2D eigenvalue weighted by Crippen LogP contribution is 2.61. The predicted octanol–water partition coefficient (Wildman–Crippen LogP) is 3.62. The van der Waals surface area contributed by atoms with Crippen LogP contribution >= 0.6 is 0 Å². The molecule has 0 amide bonds. The smallest absolute Gasteiger partial charge is 0.0160 e. The molecule has 86 valence electrons. The number of nitrogens with two attached hydrogens (primary N) is 1. The zero-order chi connectivity index (χ0) is 10.4. The highest BCUT2D eigenvalue weighted by Gasteiger charge is 2.54. The van der Waals surface area contributed by atoms with Gasteiger partial charge in [-0.3, -0.25) is 0 Å². The molecule has 15 heavy (non-hydrogen) atoms. The second kappa shape index (κ2) is 3.48. The molecular formula is C14H25N. The molecule has 2 bridgehead atoms. The Morgan fingerprint density at radius 1 is 0.800 bits per heavy atom. The van der Waals surface area contributed by atoms with E-state index in [2.05, 4.69) is 0 Å². The van der Waals surface area contributed by atoms with E-state index in [0.717, 1.165) is 5.92 Å². The van der Waals surface area contributed by atoms with Crippen LogP contribution < -0.4 is 5.73 Å². The van der Waals surface area contributed by atoms with Gasteiger partial charge in [0.1, 0.15) is 0 Å². The Morgan fingerprint density at radius 3 is 1.87 bits per heavy atom. The molecule has 1 nitrogen and oxygen atoms in total. The van der Waals surface area contributed by atoms with Crippen molar-refractivity contribution in [3.8, 4) is 0 Å². The van der Waals surface area contributed by atoms with Crippen LogP contribution in [0.2, 0.25) is 0 Å². The van der Waals surface area contributed by atoms with Gasteiger partial charge in [-0.25, -0.2) is 0 Å². The van der Waals surface area contributed by atoms with Gasteiger partial charge >= 0.3 is 0 Å². The molecule has 2 N–H and O–H groups in total. The third-order valence-electron chi connectivity index (χ3n) is 5.67. The zero-order valence-electron chi connectivity index (χ0n) is 9.93. The largest absolute Gasteiger partial charge is 0.325 e. The lowest BCUT2D eigenvalue weighted by Crippen LogP contribution is -2.33. The topological polar surface area (TPSA) is 26.0 Å². The number of hydrogen-bond acceptors (Lipinski definition) is 1. The average molecular weight is 207 g/mol. The Hall–Kier alpha value is -0.0400. The van der Waals surface area contributed by atoms with Crippen LogP contribution in [-0.2, 0) is 0 Å². The third-order valence-corrected chi connectivity index (χ3v) is 5.67. The van der Waals surface area contributed by atoms with E-state index in [-0.39, 0.29) is 5.54 Å². The van der Waals surface area contributed by atoms with Crippen LogP contribution in [0.1, 0.15) is 70.6 Å². The minimum absolute atomic E-state index is 0.270. The molecular weight excluding hydrogens is 182 g/mol. The van der Waals surface area contributed by atoms with E-state index in [9.17, 15) is 0 Å². The summed E-state index contributed by atoms with van der Waals surface area (Å²) >= 11 is 0. The van der Waals surface area contributed by atoms with E-state index in [1.165, 1.54) is 70.6 Å². The summed E-state index contributed by atoms with van der Waals surface area (Å²) in [6, 6.07) is 0. The van der Waals surface area contributed by atoms with E-state index >= 15 is 0 Å². The molecule has 0 radical (unpaired) electrons. The van der Waals surface area contributed by atoms with Crippen LogP contribution in [0, 0.1) is 11.3 Å². The predicted molar refractivity (Wildman–Crippen MR) is 63.6 cm³/mol. The van der Waals surface area contributed by atoms with Gasteiger partial charge in [0.25, 0.3) is 0 Å². The van der Waals surface area contributed by atoms with Gasteiger partial charge in [0.2, 0.25) is 0 Å². The summed E-state index contributed by atoms with van der Waals surface area (Å²) in [4.78, 5) is 0. The van der Waals surface area contributed by atoms with Gasteiger partial charge in [0.15, 0.2) is 0 Å². The van der Waals surface area contributed by atoms with E-state index in [0.29, 0.717) is 5.41 Å². The number of fused-ring (bicyclic) bond motifs is 2. The average Bonchev–Trinajstić information content (AvgIpc) is 2.61. The minimum atomic E-state index is 0.270. The fourth-order valence-corrected chi connectivity index (χ4v) is 4.74. The standard InChI is InChI=1S/C14H25N/c15-14-9-7-13(11-14,8-10-14)12-5-3-1-2-4-6-12/h12H,1-11,15H2. The molecule has 0 aliphatic heterocycles. The summed E-state index contributed by atoms with van der Waals surface area (Å²) < 4.78 is 0. The second-order valence-electron chi connectivity index (χ2n) is 6.59.